The maximum atomic E-state index is 14.4. The van der Waals surface area contributed by atoms with Crippen molar-refractivity contribution in [3.8, 4) is 0 Å². The Labute approximate surface area is 187 Å². The lowest BCUT2D eigenvalue weighted by Gasteiger charge is -2.35. The molecule has 3 aromatic heterocycles. The molecule has 168 valence electrons. The first-order chi connectivity index (χ1) is 15.9. The maximum Gasteiger partial charge on any atom is 0.407 e. The van der Waals surface area contributed by atoms with Gasteiger partial charge < -0.3 is 24.6 Å². The van der Waals surface area contributed by atoms with Gasteiger partial charge in [0.2, 0.25) is 0 Å². The van der Waals surface area contributed by atoms with Gasteiger partial charge in [-0.3, -0.25) is 4.79 Å². The number of hydrogen-bond acceptors (Lipinski definition) is 6. The number of aryl methyl sites for hydroxylation is 1. The van der Waals surface area contributed by atoms with Gasteiger partial charge in [-0.2, -0.15) is 5.10 Å². The molecule has 10 nitrogen and oxygen atoms in total. The SMILES string of the molecule is Cc1cn2cc(NC(=O)c3ccc(N4CCN(C(=O)O)CC4)c4nnccc34)cc(F)c2n1. The van der Waals surface area contributed by atoms with Crippen LogP contribution in [0.15, 0.2) is 42.9 Å². The van der Waals surface area contributed by atoms with Crippen molar-refractivity contribution < 1.29 is 19.1 Å². The minimum absolute atomic E-state index is 0.193. The smallest absolute Gasteiger partial charge is 0.407 e. The van der Waals surface area contributed by atoms with Crippen LogP contribution in [0.25, 0.3) is 16.6 Å². The molecule has 2 amide bonds. The van der Waals surface area contributed by atoms with Crippen molar-refractivity contribution in [3.05, 3.63) is 59.9 Å². The zero-order valence-corrected chi connectivity index (χ0v) is 17.7. The van der Waals surface area contributed by atoms with Gasteiger partial charge in [-0.15, -0.1) is 5.10 Å². The molecule has 1 fully saturated rings. The number of piperazine rings is 1. The van der Waals surface area contributed by atoms with Crippen LogP contribution >= 0.6 is 0 Å². The fourth-order valence-electron chi connectivity index (χ4n) is 4.11. The summed E-state index contributed by atoms with van der Waals surface area (Å²) in [6.07, 6.45) is 3.85. The number of pyridine rings is 1. The molecule has 0 bridgehead atoms. The van der Waals surface area contributed by atoms with Crippen LogP contribution in [0.2, 0.25) is 0 Å². The quantitative estimate of drug-likeness (QED) is 0.494. The summed E-state index contributed by atoms with van der Waals surface area (Å²) in [5.74, 6) is -0.946. The minimum atomic E-state index is -0.938. The highest BCUT2D eigenvalue weighted by molar-refractivity contribution is 6.14. The molecule has 0 aliphatic carbocycles. The molecule has 1 aliphatic heterocycles. The molecule has 1 saturated heterocycles. The number of fused-ring (bicyclic) bond motifs is 2. The van der Waals surface area contributed by atoms with Crippen LogP contribution in [0.5, 0.6) is 0 Å². The summed E-state index contributed by atoms with van der Waals surface area (Å²) in [7, 11) is 0. The van der Waals surface area contributed by atoms with E-state index in [-0.39, 0.29) is 5.65 Å². The van der Waals surface area contributed by atoms with Crippen molar-refractivity contribution in [2.45, 2.75) is 6.92 Å². The van der Waals surface area contributed by atoms with E-state index in [1.54, 1.807) is 37.5 Å². The first-order valence-corrected chi connectivity index (χ1v) is 10.3. The number of amides is 2. The number of halogens is 1. The van der Waals surface area contributed by atoms with Crippen molar-refractivity contribution in [2.75, 3.05) is 36.4 Å². The minimum Gasteiger partial charge on any atom is -0.465 e. The summed E-state index contributed by atoms with van der Waals surface area (Å²) in [5, 5.41) is 20.7. The molecule has 0 saturated carbocycles. The van der Waals surface area contributed by atoms with Gasteiger partial charge in [0.1, 0.15) is 5.52 Å². The van der Waals surface area contributed by atoms with Gasteiger partial charge in [0.15, 0.2) is 11.5 Å². The lowest BCUT2D eigenvalue weighted by Crippen LogP contribution is -2.48. The number of anilines is 2. The third-order valence-electron chi connectivity index (χ3n) is 5.68. The highest BCUT2D eigenvalue weighted by Gasteiger charge is 2.23. The van der Waals surface area contributed by atoms with E-state index in [1.165, 1.54) is 21.6 Å². The van der Waals surface area contributed by atoms with E-state index in [1.807, 2.05) is 4.90 Å². The number of nitrogens with zero attached hydrogens (tertiary/aromatic N) is 6. The summed E-state index contributed by atoms with van der Waals surface area (Å²) in [5.41, 5.74) is 2.85. The summed E-state index contributed by atoms with van der Waals surface area (Å²) < 4.78 is 15.9. The number of aromatic nitrogens is 4. The lowest BCUT2D eigenvalue weighted by molar-refractivity contribution is 0.102. The van der Waals surface area contributed by atoms with Crippen molar-refractivity contribution in [1.82, 2.24) is 24.5 Å². The van der Waals surface area contributed by atoms with Gasteiger partial charge in [-0.05, 0) is 25.1 Å². The van der Waals surface area contributed by atoms with Crippen molar-refractivity contribution in [1.29, 1.82) is 0 Å². The molecule has 5 rings (SSSR count). The Morgan fingerprint density at radius 3 is 2.67 bits per heavy atom. The topological polar surface area (TPSA) is 116 Å². The number of imidazole rings is 1. The number of carboxylic acid groups (broad SMARTS) is 1. The van der Waals surface area contributed by atoms with Gasteiger partial charge >= 0.3 is 6.09 Å². The van der Waals surface area contributed by atoms with Crippen LogP contribution in [-0.4, -0.2) is 67.8 Å². The fraction of sp³-hybridized carbons (Fsp3) is 0.227. The van der Waals surface area contributed by atoms with Gasteiger partial charge in [0.05, 0.1) is 23.3 Å². The van der Waals surface area contributed by atoms with Crippen LogP contribution in [-0.2, 0) is 0 Å². The highest BCUT2D eigenvalue weighted by Crippen LogP contribution is 2.29. The molecule has 1 aliphatic rings. The molecule has 0 unspecified atom stereocenters. The molecule has 0 atom stereocenters. The molecule has 33 heavy (non-hydrogen) atoms. The number of benzene rings is 1. The summed E-state index contributed by atoms with van der Waals surface area (Å²) in [6, 6.07) is 6.41. The van der Waals surface area contributed by atoms with Crippen molar-refractivity contribution >= 4 is 39.9 Å². The van der Waals surface area contributed by atoms with Crippen LogP contribution in [0, 0.1) is 12.7 Å². The van der Waals surface area contributed by atoms with Crippen LogP contribution in [0.3, 0.4) is 0 Å². The number of carbonyl (C=O) groups is 2. The summed E-state index contributed by atoms with van der Waals surface area (Å²) in [6.45, 7) is 3.53. The predicted molar refractivity (Wildman–Crippen MR) is 119 cm³/mol. The molecule has 2 N–H and O–H groups in total. The van der Waals surface area contributed by atoms with Gasteiger partial charge in [-0.1, -0.05) is 0 Å². The highest BCUT2D eigenvalue weighted by atomic mass is 19.1. The van der Waals surface area contributed by atoms with E-state index in [0.717, 1.165) is 5.69 Å². The van der Waals surface area contributed by atoms with E-state index < -0.39 is 17.8 Å². The van der Waals surface area contributed by atoms with Gasteiger partial charge in [-0.25, -0.2) is 14.2 Å². The number of hydrogen-bond donors (Lipinski definition) is 2. The molecule has 4 aromatic rings. The Balaban J connectivity index is 1.45. The molecule has 0 spiro atoms. The van der Waals surface area contributed by atoms with Crippen LogP contribution < -0.4 is 10.2 Å². The molecule has 1 aromatic carbocycles. The third-order valence-corrected chi connectivity index (χ3v) is 5.68. The second-order valence-corrected chi connectivity index (χ2v) is 7.83. The predicted octanol–water partition coefficient (Wildman–Crippen LogP) is 2.78. The van der Waals surface area contributed by atoms with E-state index in [4.69, 9.17) is 0 Å². The standard InChI is InChI=1S/C22H20FN7O3/c1-13-11-30-12-14(10-17(23)20(30)25-13)26-21(31)16-2-3-18(19-15(16)4-5-24-27-19)28-6-8-29(9-7-28)22(32)33/h2-5,10-12H,6-9H2,1H3,(H,26,31)(H,32,33). The van der Waals surface area contributed by atoms with E-state index in [2.05, 4.69) is 20.5 Å². The Bertz CT molecular complexity index is 1400. The number of carbonyl (C=O) groups excluding carboxylic acids is 1. The van der Waals surface area contributed by atoms with Gasteiger partial charge in [0, 0.05) is 55.6 Å². The summed E-state index contributed by atoms with van der Waals surface area (Å²) in [4.78, 5) is 31.8. The van der Waals surface area contributed by atoms with E-state index in [9.17, 15) is 19.1 Å². The van der Waals surface area contributed by atoms with Crippen LogP contribution in [0.4, 0.5) is 20.6 Å². The van der Waals surface area contributed by atoms with Crippen molar-refractivity contribution in [3.63, 3.8) is 0 Å². The first kappa shape index (κ1) is 20.6. The zero-order valence-electron chi connectivity index (χ0n) is 17.7. The largest absolute Gasteiger partial charge is 0.465 e. The monoisotopic (exact) mass is 449 g/mol. The molecule has 0 radical (unpaired) electrons. The Kier molecular flexibility index (Phi) is 5.00. The Morgan fingerprint density at radius 1 is 1.12 bits per heavy atom. The molecular weight excluding hydrogens is 429 g/mol. The Hall–Kier alpha value is -4.28. The van der Waals surface area contributed by atoms with E-state index >= 15 is 0 Å². The zero-order chi connectivity index (χ0) is 23.1. The van der Waals surface area contributed by atoms with E-state index in [0.29, 0.717) is 54.0 Å². The first-order valence-electron chi connectivity index (χ1n) is 10.3. The average molecular weight is 449 g/mol. The summed E-state index contributed by atoms with van der Waals surface area (Å²) >= 11 is 0. The fourth-order valence-corrected chi connectivity index (χ4v) is 4.11. The Morgan fingerprint density at radius 2 is 1.91 bits per heavy atom. The van der Waals surface area contributed by atoms with Crippen LogP contribution in [0.1, 0.15) is 16.1 Å². The van der Waals surface area contributed by atoms with Gasteiger partial charge in [0.25, 0.3) is 5.91 Å². The second-order valence-electron chi connectivity index (χ2n) is 7.83. The molecule has 11 heteroatoms. The molecule has 4 heterocycles. The van der Waals surface area contributed by atoms with Crippen molar-refractivity contribution in [2.24, 2.45) is 0 Å². The average Bonchev–Trinajstić information content (AvgIpc) is 3.19. The molecular formula is C22H20FN7O3. The second kappa shape index (κ2) is 8.01. The maximum absolute atomic E-state index is 14.4. The third kappa shape index (κ3) is 3.77. The normalized spacial score (nSPS) is 14.1. The number of nitrogens with one attached hydrogen (secondary N) is 1. The number of rotatable bonds is 3. The lowest BCUT2D eigenvalue weighted by atomic mass is 10.1.